The van der Waals surface area contributed by atoms with Gasteiger partial charge in [-0.3, -0.25) is 4.79 Å². The first-order valence-corrected chi connectivity index (χ1v) is 7.61. The van der Waals surface area contributed by atoms with Crippen LogP contribution in [0.2, 0.25) is 0 Å². The van der Waals surface area contributed by atoms with E-state index < -0.39 is 0 Å². The second-order valence-corrected chi connectivity index (χ2v) is 5.67. The molecule has 1 aromatic heterocycles. The zero-order chi connectivity index (χ0) is 16.2. The van der Waals surface area contributed by atoms with E-state index in [0.717, 1.165) is 22.6 Å². The summed E-state index contributed by atoms with van der Waals surface area (Å²) in [6, 6.07) is 19.3. The second-order valence-electron chi connectivity index (χ2n) is 5.67. The number of nitrogens with zero attached hydrogens (tertiary/aromatic N) is 1. The van der Waals surface area contributed by atoms with Crippen molar-refractivity contribution in [3.63, 3.8) is 0 Å². The number of hydrogen-bond acceptors (Lipinski definition) is 2. The zero-order valence-corrected chi connectivity index (χ0v) is 13.3. The molecule has 0 aliphatic heterocycles. The highest BCUT2D eigenvalue weighted by molar-refractivity contribution is 6.06. The second kappa shape index (κ2) is 6.53. The van der Waals surface area contributed by atoms with Gasteiger partial charge in [0.2, 0.25) is 0 Å². The van der Waals surface area contributed by atoms with E-state index in [2.05, 4.69) is 0 Å². The van der Waals surface area contributed by atoms with E-state index in [0.29, 0.717) is 12.1 Å². The fourth-order valence-electron chi connectivity index (χ4n) is 2.42. The van der Waals surface area contributed by atoms with Gasteiger partial charge in [0.1, 0.15) is 5.76 Å². The highest BCUT2D eigenvalue weighted by Crippen LogP contribution is 2.21. The van der Waals surface area contributed by atoms with Crippen LogP contribution in [0.4, 0.5) is 5.69 Å². The minimum absolute atomic E-state index is 0.0368. The van der Waals surface area contributed by atoms with Crippen molar-refractivity contribution in [1.82, 2.24) is 0 Å². The van der Waals surface area contributed by atoms with Crippen LogP contribution < -0.4 is 4.90 Å². The minimum Gasteiger partial charge on any atom is -0.467 e. The number of rotatable bonds is 4. The van der Waals surface area contributed by atoms with Gasteiger partial charge in [-0.1, -0.05) is 35.4 Å². The summed E-state index contributed by atoms with van der Waals surface area (Å²) in [7, 11) is 0. The smallest absolute Gasteiger partial charge is 0.258 e. The topological polar surface area (TPSA) is 33.5 Å². The fraction of sp³-hybridized carbons (Fsp3) is 0.150. The van der Waals surface area contributed by atoms with Gasteiger partial charge in [0.25, 0.3) is 5.91 Å². The first-order chi connectivity index (χ1) is 11.1. The SMILES string of the molecule is Cc1ccc(C(=O)N(Cc2ccco2)c2ccc(C)cc2)cc1. The molecule has 0 radical (unpaired) electrons. The van der Waals surface area contributed by atoms with Crippen LogP contribution in [0.15, 0.2) is 71.3 Å². The number of furan rings is 1. The number of benzene rings is 2. The summed E-state index contributed by atoms with van der Waals surface area (Å²) in [5.74, 6) is 0.719. The van der Waals surface area contributed by atoms with E-state index in [4.69, 9.17) is 4.42 Å². The molecular formula is C20H19NO2. The molecule has 1 amide bonds. The molecule has 3 nitrogen and oxygen atoms in total. The molecule has 0 atom stereocenters. The quantitative estimate of drug-likeness (QED) is 0.697. The van der Waals surface area contributed by atoms with Gasteiger partial charge in [-0.2, -0.15) is 0 Å². The van der Waals surface area contributed by atoms with Crippen molar-refractivity contribution >= 4 is 11.6 Å². The van der Waals surface area contributed by atoms with Crippen molar-refractivity contribution in [1.29, 1.82) is 0 Å². The molecule has 3 aromatic rings. The normalized spacial score (nSPS) is 10.5. The monoisotopic (exact) mass is 305 g/mol. The van der Waals surface area contributed by atoms with Crippen LogP contribution in [-0.2, 0) is 6.54 Å². The number of amides is 1. The van der Waals surface area contributed by atoms with Crippen molar-refractivity contribution in [3.05, 3.63) is 89.4 Å². The fourth-order valence-corrected chi connectivity index (χ4v) is 2.42. The Kier molecular flexibility index (Phi) is 4.29. The maximum Gasteiger partial charge on any atom is 0.258 e. The highest BCUT2D eigenvalue weighted by Gasteiger charge is 2.19. The Bertz CT molecular complexity index is 772. The molecule has 0 unspecified atom stereocenters. The molecule has 116 valence electrons. The van der Waals surface area contributed by atoms with Gasteiger partial charge in [0.15, 0.2) is 0 Å². The lowest BCUT2D eigenvalue weighted by atomic mass is 10.1. The molecule has 2 aromatic carbocycles. The van der Waals surface area contributed by atoms with Gasteiger partial charge in [-0.25, -0.2) is 0 Å². The lowest BCUT2D eigenvalue weighted by Crippen LogP contribution is -2.30. The number of aryl methyl sites for hydroxylation is 2. The van der Waals surface area contributed by atoms with Crippen molar-refractivity contribution in [2.45, 2.75) is 20.4 Å². The molecule has 0 bridgehead atoms. The third-order valence-corrected chi connectivity index (χ3v) is 3.78. The predicted octanol–water partition coefficient (Wildman–Crippen LogP) is 4.74. The maximum absolute atomic E-state index is 13.0. The van der Waals surface area contributed by atoms with Gasteiger partial charge in [0, 0.05) is 11.3 Å². The Morgan fingerprint density at radius 2 is 1.52 bits per heavy atom. The van der Waals surface area contributed by atoms with Gasteiger partial charge in [-0.15, -0.1) is 0 Å². The summed E-state index contributed by atoms with van der Waals surface area (Å²) in [4.78, 5) is 14.7. The molecule has 0 aliphatic rings. The molecule has 23 heavy (non-hydrogen) atoms. The molecule has 0 spiro atoms. The average molecular weight is 305 g/mol. The Labute approximate surface area is 136 Å². The van der Waals surface area contributed by atoms with Crippen LogP contribution in [0.5, 0.6) is 0 Å². The molecular weight excluding hydrogens is 286 g/mol. The molecule has 3 heteroatoms. The van der Waals surface area contributed by atoms with E-state index in [1.54, 1.807) is 11.2 Å². The van der Waals surface area contributed by atoms with Gasteiger partial charge >= 0.3 is 0 Å². The first kappa shape index (κ1) is 15.1. The van der Waals surface area contributed by atoms with Crippen LogP contribution in [0.3, 0.4) is 0 Å². The van der Waals surface area contributed by atoms with Crippen LogP contribution in [0.1, 0.15) is 27.2 Å². The number of carbonyl (C=O) groups is 1. The number of carbonyl (C=O) groups excluding carboxylic acids is 1. The Morgan fingerprint density at radius 1 is 0.913 bits per heavy atom. The van der Waals surface area contributed by atoms with Crippen molar-refractivity contribution in [3.8, 4) is 0 Å². The van der Waals surface area contributed by atoms with E-state index >= 15 is 0 Å². The van der Waals surface area contributed by atoms with E-state index in [1.807, 2.05) is 74.5 Å². The maximum atomic E-state index is 13.0. The van der Waals surface area contributed by atoms with E-state index in [-0.39, 0.29) is 5.91 Å². The van der Waals surface area contributed by atoms with Crippen LogP contribution in [-0.4, -0.2) is 5.91 Å². The molecule has 0 saturated carbocycles. The Balaban J connectivity index is 1.95. The lowest BCUT2D eigenvalue weighted by molar-refractivity contribution is 0.0983. The van der Waals surface area contributed by atoms with Crippen molar-refractivity contribution in [2.75, 3.05) is 4.90 Å². The van der Waals surface area contributed by atoms with Crippen LogP contribution in [0, 0.1) is 13.8 Å². The van der Waals surface area contributed by atoms with Gasteiger partial charge < -0.3 is 9.32 Å². The van der Waals surface area contributed by atoms with E-state index in [9.17, 15) is 4.79 Å². The van der Waals surface area contributed by atoms with Crippen molar-refractivity contribution < 1.29 is 9.21 Å². The van der Waals surface area contributed by atoms with Crippen LogP contribution in [0.25, 0.3) is 0 Å². The summed E-state index contributed by atoms with van der Waals surface area (Å²) < 4.78 is 5.42. The van der Waals surface area contributed by atoms with Gasteiger partial charge in [-0.05, 0) is 50.2 Å². The molecule has 0 N–H and O–H groups in total. The van der Waals surface area contributed by atoms with Gasteiger partial charge in [0.05, 0.1) is 12.8 Å². The summed E-state index contributed by atoms with van der Waals surface area (Å²) in [5.41, 5.74) is 3.82. The zero-order valence-electron chi connectivity index (χ0n) is 13.3. The van der Waals surface area contributed by atoms with Crippen molar-refractivity contribution in [2.24, 2.45) is 0 Å². The van der Waals surface area contributed by atoms with E-state index in [1.165, 1.54) is 0 Å². The molecule has 1 heterocycles. The third kappa shape index (κ3) is 3.51. The summed E-state index contributed by atoms with van der Waals surface area (Å²) in [6.45, 7) is 4.44. The Morgan fingerprint density at radius 3 is 2.09 bits per heavy atom. The molecule has 0 fully saturated rings. The standard InChI is InChI=1S/C20H19NO2/c1-15-5-9-17(10-6-15)20(22)21(14-19-4-3-13-23-19)18-11-7-16(2)8-12-18/h3-13H,14H2,1-2H3. The number of hydrogen-bond donors (Lipinski definition) is 0. The number of anilines is 1. The minimum atomic E-state index is -0.0368. The largest absolute Gasteiger partial charge is 0.467 e. The van der Waals surface area contributed by atoms with Crippen LogP contribution >= 0.6 is 0 Å². The lowest BCUT2D eigenvalue weighted by Gasteiger charge is -2.22. The highest BCUT2D eigenvalue weighted by atomic mass is 16.3. The molecule has 0 saturated heterocycles. The summed E-state index contributed by atoms with van der Waals surface area (Å²) in [6.07, 6.45) is 1.62. The summed E-state index contributed by atoms with van der Waals surface area (Å²) in [5, 5.41) is 0. The predicted molar refractivity (Wildman–Crippen MR) is 91.6 cm³/mol. The third-order valence-electron chi connectivity index (χ3n) is 3.78. The molecule has 0 aliphatic carbocycles. The first-order valence-electron chi connectivity index (χ1n) is 7.61. The molecule has 3 rings (SSSR count). The summed E-state index contributed by atoms with van der Waals surface area (Å²) >= 11 is 0. The Hall–Kier alpha value is -2.81. The average Bonchev–Trinajstić information content (AvgIpc) is 3.07.